The first-order valence-electron chi connectivity index (χ1n) is 8.25. The highest BCUT2D eigenvalue weighted by Crippen LogP contribution is 2.14. The number of halogens is 1. The number of fused-ring (bicyclic) bond motifs is 1. The summed E-state index contributed by atoms with van der Waals surface area (Å²) in [6.45, 7) is 4.77. The molecule has 0 spiro atoms. The van der Waals surface area contributed by atoms with Crippen LogP contribution >= 0.6 is 12.4 Å². The molecule has 1 heterocycles. The molecule has 0 saturated carbocycles. The van der Waals surface area contributed by atoms with Gasteiger partial charge in [-0.3, -0.25) is 9.59 Å². The van der Waals surface area contributed by atoms with Gasteiger partial charge in [-0.1, -0.05) is 32.0 Å². The molecule has 0 radical (unpaired) electrons. The highest BCUT2D eigenvalue weighted by molar-refractivity contribution is 5.88. The zero-order valence-corrected chi connectivity index (χ0v) is 16.0. The molecule has 0 fully saturated rings. The molecular weight excluding hydrogens is 340 g/mol. The lowest BCUT2D eigenvalue weighted by Crippen LogP contribution is -2.35. The van der Waals surface area contributed by atoms with Crippen LogP contribution in [0.2, 0.25) is 0 Å². The molecule has 1 amide bonds. The third kappa shape index (κ3) is 5.03. The quantitative estimate of drug-likeness (QED) is 0.844. The topological polar surface area (TPSA) is 81.2 Å². The maximum atomic E-state index is 12.5. The fraction of sp³-hybridized carbons (Fsp3) is 0.500. The number of carbonyl (C=O) groups is 1. The van der Waals surface area contributed by atoms with E-state index >= 15 is 0 Å². The molecule has 7 heteroatoms. The van der Waals surface area contributed by atoms with E-state index in [2.05, 4.69) is 18.9 Å². The molecule has 2 aromatic rings. The van der Waals surface area contributed by atoms with Crippen molar-refractivity contribution >= 4 is 29.1 Å². The minimum absolute atomic E-state index is 0. The minimum Gasteiger partial charge on any atom is -0.345 e. The van der Waals surface area contributed by atoms with Crippen molar-refractivity contribution in [2.24, 2.45) is 18.7 Å². The van der Waals surface area contributed by atoms with E-state index in [1.54, 1.807) is 25.1 Å². The first kappa shape index (κ1) is 21.1. The summed E-state index contributed by atoms with van der Waals surface area (Å²) in [5.74, 6) is 0.366. The molecule has 138 valence electrons. The second kappa shape index (κ2) is 8.97. The van der Waals surface area contributed by atoms with Gasteiger partial charge in [-0.05, 0) is 18.4 Å². The van der Waals surface area contributed by atoms with E-state index in [-0.39, 0.29) is 36.3 Å². The monoisotopic (exact) mass is 366 g/mol. The Morgan fingerprint density at radius 1 is 1.28 bits per heavy atom. The van der Waals surface area contributed by atoms with Crippen LogP contribution in [0, 0.1) is 5.92 Å². The standard InChI is InChI=1S/C18H26N4O2.ClH/c1-12(2)15(19)9-10-21(3)17(23)11-16-13-7-5-6-8-14(13)18(24)22(4)20-16;/h5-8,12,15H,9-11,19H2,1-4H3;1H. The number of hydrogen-bond acceptors (Lipinski definition) is 4. The first-order valence-corrected chi connectivity index (χ1v) is 8.25. The molecule has 2 N–H and O–H groups in total. The summed E-state index contributed by atoms with van der Waals surface area (Å²) >= 11 is 0. The maximum Gasteiger partial charge on any atom is 0.274 e. The van der Waals surface area contributed by atoms with Crippen molar-refractivity contribution in [3.63, 3.8) is 0 Å². The number of nitrogens with zero attached hydrogens (tertiary/aromatic N) is 3. The highest BCUT2D eigenvalue weighted by Gasteiger charge is 2.16. The van der Waals surface area contributed by atoms with Crippen molar-refractivity contribution in [2.75, 3.05) is 13.6 Å². The Kier molecular flexibility index (Phi) is 7.58. The van der Waals surface area contributed by atoms with Crippen LogP contribution < -0.4 is 11.3 Å². The second-order valence-electron chi connectivity index (χ2n) is 6.61. The average molecular weight is 367 g/mol. The third-order valence-corrected chi connectivity index (χ3v) is 4.43. The molecule has 1 unspecified atom stereocenters. The summed E-state index contributed by atoms with van der Waals surface area (Å²) < 4.78 is 1.29. The van der Waals surface area contributed by atoms with E-state index in [4.69, 9.17) is 5.73 Å². The normalized spacial score (nSPS) is 12.1. The zero-order valence-electron chi connectivity index (χ0n) is 15.2. The minimum atomic E-state index is -0.155. The lowest BCUT2D eigenvalue weighted by atomic mass is 10.0. The van der Waals surface area contributed by atoms with Crippen molar-refractivity contribution in [3.8, 4) is 0 Å². The Balaban J connectivity index is 0.00000312. The van der Waals surface area contributed by atoms with Gasteiger partial charge in [-0.15, -0.1) is 12.4 Å². The number of carbonyl (C=O) groups excluding carboxylic acids is 1. The lowest BCUT2D eigenvalue weighted by molar-refractivity contribution is -0.129. The molecule has 2 rings (SSSR count). The number of nitrogens with two attached hydrogens (primary N) is 1. The van der Waals surface area contributed by atoms with Crippen LogP contribution in [-0.2, 0) is 18.3 Å². The number of aromatic nitrogens is 2. The molecular formula is C18H27ClN4O2. The van der Waals surface area contributed by atoms with Gasteiger partial charge in [0.15, 0.2) is 0 Å². The fourth-order valence-corrected chi connectivity index (χ4v) is 2.59. The number of benzene rings is 1. The van der Waals surface area contributed by atoms with Crippen LogP contribution in [0.4, 0.5) is 0 Å². The van der Waals surface area contributed by atoms with E-state index in [9.17, 15) is 9.59 Å². The van der Waals surface area contributed by atoms with Crippen LogP contribution in [0.5, 0.6) is 0 Å². The molecule has 0 aliphatic carbocycles. The first-order chi connectivity index (χ1) is 11.3. The molecule has 25 heavy (non-hydrogen) atoms. The molecule has 6 nitrogen and oxygen atoms in total. The van der Waals surface area contributed by atoms with Crippen LogP contribution in [0.15, 0.2) is 29.1 Å². The molecule has 1 atom stereocenters. The molecule has 1 aromatic carbocycles. The Morgan fingerprint density at radius 2 is 1.88 bits per heavy atom. The second-order valence-corrected chi connectivity index (χ2v) is 6.61. The van der Waals surface area contributed by atoms with E-state index in [1.165, 1.54) is 4.68 Å². The summed E-state index contributed by atoms with van der Waals surface area (Å²) in [5.41, 5.74) is 6.51. The molecule has 1 aromatic heterocycles. The van der Waals surface area contributed by atoms with E-state index in [0.717, 1.165) is 11.8 Å². The Bertz CT molecular complexity index is 788. The summed E-state index contributed by atoms with van der Waals surface area (Å²) in [6.07, 6.45) is 0.934. The number of amides is 1. The number of rotatable bonds is 6. The summed E-state index contributed by atoms with van der Waals surface area (Å²) in [4.78, 5) is 26.3. The van der Waals surface area contributed by atoms with Gasteiger partial charge in [-0.2, -0.15) is 5.10 Å². The van der Waals surface area contributed by atoms with Gasteiger partial charge in [0.05, 0.1) is 17.5 Å². The molecule has 0 bridgehead atoms. The van der Waals surface area contributed by atoms with Gasteiger partial charge >= 0.3 is 0 Å². The van der Waals surface area contributed by atoms with Crippen molar-refractivity contribution in [2.45, 2.75) is 32.7 Å². The van der Waals surface area contributed by atoms with Gasteiger partial charge in [0.2, 0.25) is 5.91 Å². The molecule has 0 aliphatic heterocycles. The van der Waals surface area contributed by atoms with Crippen LogP contribution in [0.1, 0.15) is 26.0 Å². The third-order valence-electron chi connectivity index (χ3n) is 4.43. The molecule has 0 aliphatic rings. The largest absolute Gasteiger partial charge is 0.345 e. The van der Waals surface area contributed by atoms with Crippen molar-refractivity contribution in [1.29, 1.82) is 0 Å². The van der Waals surface area contributed by atoms with Gasteiger partial charge < -0.3 is 10.6 Å². The predicted molar refractivity (Wildman–Crippen MR) is 103 cm³/mol. The summed E-state index contributed by atoms with van der Waals surface area (Å²) in [6, 6.07) is 7.34. The van der Waals surface area contributed by atoms with Crippen LogP contribution in [-0.4, -0.2) is 40.2 Å². The van der Waals surface area contributed by atoms with Crippen LogP contribution in [0.25, 0.3) is 10.8 Å². The predicted octanol–water partition coefficient (Wildman–Crippen LogP) is 1.73. The number of hydrogen-bond donors (Lipinski definition) is 1. The smallest absolute Gasteiger partial charge is 0.274 e. The van der Waals surface area contributed by atoms with E-state index < -0.39 is 0 Å². The van der Waals surface area contributed by atoms with Crippen molar-refractivity contribution in [1.82, 2.24) is 14.7 Å². The number of likely N-dealkylation sites (N-methyl/N-ethyl adjacent to an activating group) is 1. The Hall–Kier alpha value is -1.92. The Labute approximate surface area is 154 Å². The van der Waals surface area contributed by atoms with Gasteiger partial charge in [0, 0.05) is 32.1 Å². The average Bonchev–Trinajstić information content (AvgIpc) is 2.56. The summed E-state index contributed by atoms with van der Waals surface area (Å²) in [5, 5.41) is 5.60. The van der Waals surface area contributed by atoms with Crippen molar-refractivity contribution in [3.05, 3.63) is 40.3 Å². The lowest BCUT2D eigenvalue weighted by Gasteiger charge is -2.21. The van der Waals surface area contributed by atoms with Gasteiger partial charge in [-0.25, -0.2) is 4.68 Å². The highest BCUT2D eigenvalue weighted by atomic mass is 35.5. The SMILES string of the molecule is CC(C)C(N)CCN(C)C(=O)Cc1nn(C)c(=O)c2ccccc12.Cl. The van der Waals surface area contributed by atoms with Crippen molar-refractivity contribution < 1.29 is 4.79 Å². The van der Waals surface area contributed by atoms with Gasteiger partial charge in [0.1, 0.15) is 0 Å². The fourth-order valence-electron chi connectivity index (χ4n) is 2.59. The van der Waals surface area contributed by atoms with Gasteiger partial charge in [0.25, 0.3) is 5.56 Å². The van der Waals surface area contributed by atoms with E-state index in [1.807, 2.05) is 18.2 Å². The van der Waals surface area contributed by atoms with Crippen LogP contribution in [0.3, 0.4) is 0 Å². The summed E-state index contributed by atoms with van der Waals surface area (Å²) in [7, 11) is 3.38. The Morgan fingerprint density at radius 3 is 2.48 bits per heavy atom. The number of aryl methyl sites for hydroxylation is 1. The zero-order chi connectivity index (χ0) is 17.9. The maximum absolute atomic E-state index is 12.5. The van der Waals surface area contributed by atoms with E-state index in [0.29, 0.717) is 23.5 Å². The molecule has 0 saturated heterocycles.